The molecule has 0 N–H and O–H groups in total. The molecule has 3 nitrogen and oxygen atoms in total. The predicted molar refractivity (Wildman–Crippen MR) is 56.4 cm³/mol. The highest BCUT2D eigenvalue weighted by Gasteiger charge is 2.07. The summed E-state index contributed by atoms with van der Waals surface area (Å²) in [5, 5.41) is 8.79. The number of benzene rings is 1. The number of nitriles is 1. The number of rotatable bonds is 3. The second kappa shape index (κ2) is 4.52. The average Bonchev–Trinajstić information content (AvgIpc) is 2.27. The van der Waals surface area contributed by atoms with E-state index in [0.29, 0.717) is 0 Å². The van der Waals surface area contributed by atoms with Gasteiger partial charge in [0.2, 0.25) is 0 Å². The van der Waals surface area contributed by atoms with E-state index in [9.17, 15) is 0 Å². The van der Waals surface area contributed by atoms with Crippen LogP contribution in [0.25, 0.3) is 0 Å². The van der Waals surface area contributed by atoms with Gasteiger partial charge in [-0.05, 0) is 24.1 Å². The lowest BCUT2D eigenvalue weighted by Gasteiger charge is -2.14. The molecule has 0 spiro atoms. The largest absolute Gasteiger partial charge is 0.495 e. The lowest BCUT2D eigenvalue weighted by Crippen LogP contribution is -2.09. The van der Waals surface area contributed by atoms with Crippen LogP contribution in [-0.4, -0.2) is 14.2 Å². The smallest absolute Gasteiger partial charge is 0.184 e. The van der Waals surface area contributed by atoms with Gasteiger partial charge in [-0.1, -0.05) is 13.0 Å². The Balaban J connectivity index is 3.16. The number of hydrogen-bond donors (Lipinski definition) is 0. The summed E-state index contributed by atoms with van der Waals surface area (Å²) in [4.78, 5) is 1.50. The first-order valence-corrected chi connectivity index (χ1v) is 4.53. The first-order chi connectivity index (χ1) is 6.72. The van der Waals surface area contributed by atoms with Crippen molar-refractivity contribution in [1.82, 2.24) is 0 Å². The summed E-state index contributed by atoms with van der Waals surface area (Å²) in [6.45, 7) is 2.08. The van der Waals surface area contributed by atoms with E-state index >= 15 is 0 Å². The Morgan fingerprint density at radius 1 is 1.50 bits per heavy atom. The first kappa shape index (κ1) is 10.4. The van der Waals surface area contributed by atoms with Gasteiger partial charge in [0.15, 0.2) is 6.19 Å². The van der Waals surface area contributed by atoms with Crippen LogP contribution in [0.1, 0.15) is 12.5 Å². The molecule has 1 rings (SSSR count). The van der Waals surface area contributed by atoms with Gasteiger partial charge in [0.05, 0.1) is 12.8 Å². The summed E-state index contributed by atoms with van der Waals surface area (Å²) >= 11 is 0. The number of hydrogen-bond acceptors (Lipinski definition) is 3. The number of aryl methyl sites for hydroxylation is 1. The minimum absolute atomic E-state index is 0.728. The average molecular weight is 190 g/mol. The lowest BCUT2D eigenvalue weighted by molar-refractivity contribution is 0.415. The van der Waals surface area contributed by atoms with Gasteiger partial charge in [0.1, 0.15) is 5.75 Å². The van der Waals surface area contributed by atoms with Gasteiger partial charge < -0.3 is 4.74 Å². The number of nitrogens with zero attached hydrogens (tertiary/aromatic N) is 2. The summed E-state index contributed by atoms with van der Waals surface area (Å²) in [7, 11) is 3.33. The molecule has 0 amide bonds. The number of anilines is 1. The predicted octanol–water partition coefficient (Wildman–Crippen LogP) is 2.17. The molecule has 0 fully saturated rings. The maximum Gasteiger partial charge on any atom is 0.184 e. The van der Waals surface area contributed by atoms with Crippen molar-refractivity contribution in [3.8, 4) is 11.9 Å². The van der Waals surface area contributed by atoms with Crippen molar-refractivity contribution in [2.75, 3.05) is 19.1 Å². The second-order valence-electron chi connectivity index (χ2n) is 3.02. The van der Waals surface area contributed by atoms with Crippen LogP contribution in [0.3, 0.4) is 0 Å². The molecule has 0 bridgehead atoms. The van der Waals surface area contributed by atoms with Crippen molar-refractivity contribution in [3.05, 3.63) is 23.8 Å². The summed E-state index contributed by atoms with van der Waals surface area (Å²) < 4.78 is 5.18. The summed E-state index contributed by atoms with van der Waals surface area (Å²) in [5.41, 5.74) is 2.01. The van der Waals surface area contributed by atoms with Crippen LogP contribution >= 0.6 is 0 Å². The molecule has 0 atom stereocenters. The molecule has 0 heterocycles. The molecule has 0 aromatic heterocycles. The molecule has 0 aliphatic rings. The van der Waals surface area contributed by atoms with Crippen molar-refractivity contribution < 1.29 is 4.74 Å². The standard InChI is InChI=1S/C11H14N2O/c1-4-9-5-6-11(14-3)10(7-9)13(2)8-12/h5-7H,4H2,1-3H3. The maximum atomic E-state index is 8.79. The van der Waals surface area contributed by atoms with Crippen LogP contribution < -0.4 is 9.64 Å². The zero-order chi connectivity index (χ0) is 10.6. The van der Waals surface area contributed by atoms with E-state index in [4.69, 9.17) is 10.00 Å². The van der Waals surface area contributed by atoms with Crippen molar-refractivity contribution >= 4 is 5.69 Å². The minimum atomic E-state index is 0.728. The molecular formula is C11H14N2O. The van der Waals surface area contributed by atoms with Crippen LogP contribution in [-0.2, 0) is 6.42 Å². The molecule has 14 heavy (non-hydrogen) atoms. The van der Waals surface area contributed by atoms with Gasteiger partial charge in [-0.2, -0.15) is 5.26 Å². The Bertz CT molecular complexity index is 355. The van der Waals surface area contributed by atoms with Crippen LogP contribution in [0.4, 0.5) is 5.69 Å². The maximum absolute atomic E-state index is 8.79. The molecule has 0 saturated heterocycles. The molecule has 0 unspecified atom stereocenters. The monoisotopic (exact) mass is 190 g/mol. The van der Waals surface area contributed by atoms with Gasteiger partial charge in [0, 0.05) is 7.05 Å². The zero-order valence-electron chi connectivity index (χ0n) is 8.74. The van der Waals surface area contributed by atoms with E-state index in [1.807, 2.05) is 18.2 Å². The highest BCUT2D eigenvalue weighted by atomic mass is 16.5. The molecule has 0 aliphatic heterocycles. The Morgan fingerprint density at radius 2 is 2.21 bits per heavy atom. The zero-order valence-corrected chi connectivity index (χ0v) is 8.74. The van der Waals surface area contributed by atoms with E-state index in [0.717, 1.165) is 17.9 Å². The highest BCUT2D eigenvalue weighted by Crippen LogP contribution is 2.28. The first-order valence-electron chi connectivity index (χ1n) is 4.53. The van der Waals surface area contributed by atoms with Crippen molar-refractivity contribution in [2.24, 2.45) is 0 Å². The van der Waals surface area contributed by atoms with Crippen LogP contribution in [0.5, 0.6) is 5.75 Å². The van der Waals surface area contributed by atoms with Crippen molar-refractivity contribution in [2.45, 2.75) is 13.3 Å². The van der Waals surface area contributed by atoms with Crippen molar-refractivity contribution in [3.63, 3.8) is 0 Å². The van der Waals surface area contributed by atoms with E-state index < -0.39 is 0 Å². The second-order valence-corrected chi connectivity index (χ2v) is 3.02. The van der Waals surface area contributed by atoms with Gasteiger partial charge in [0.25, 0.3) is 0 Å². The van der Waals surface area contributed by atoms with Crippen molar-refractivity contribution in [1.29, 1.82) is 5.26 Å². The van der Waals surface area contributed by atoms with Gasteiger partial charge in [-0.3, -0.25) is 4.90 Å². The topological polar surface area (TPSA) is 36.3 Å². The fourth-order valence-corrected chi connectivity index (χ4v) is 1.27. The van der Waals surface area contributed by atoms with Gasteiger partial charge >= 0.3 is 0 Å². The summed E-state index contributed by atoms with van der Waals surface area (Å²) in [6, 6.07) is 5.87. The minimum Gasteiger partial charge on any atom is -0.495 e. The molecule has 74 valence electrons. The SMILES string of the molecule is CCc1ccc(OC)c(N(C)C#N)c1. The Hall–Kier alpha value is -1.69. The quantitative estimate of drug-likeness (QED) is 0.541. The lowest BCUT2D eigenvalue weighted by atomic mass is 10.1. The summed E-state index contributed by atoms with van der Waals surface area (Å²) in [6.07, 6.45) is 3.02. The Morgan fingerprint density at radius 3 is 2.71 bits per heavy atom. The van der Waals surface area contributed by atoms with E-state index in [-0.39, 0.29) is 0 Å². The molecular weight excluding hydrogens is 176 g/mol. The van der Waals surface area contributed by atoms with Crippen LogP contribution in [0.15, 0.2) is 18.2 Å². The van der Waals surface area contributed by atoms with E-state index in [1.165, 1.54) is 10.5 Å². The van der Waals surface area contributed by atoms with Gasteiger partial charge in [-0.15, -0.1) is 0 Å². The highest BCUT2D eigenvalue weighted by molar-refractivity contribution is 5.61. The third-order valence-corrected chi connectivity index (χ3v) is 2.16. The van der Waals surface area contributed by atoms with Crippen LogP contribution in [0, 0.1) is 11.5 Å². The third kappa shape index (κ3) is 1.97. The molecule has 0 radical (unpaired) electrons. The van der Waals surface area contributed by atoms with Crippen LogP contribution in [0.2, 0.25) is 0 Å². The fourth-order valence-electron chi connectivity index (χ4n) is 1.27. The normalized spacial score (nSPS) is 9.29. The molecule has 0 aliphatic carbocycles. The number of methoxy groups -OCH3 is 1. The third-order valence-electron chi connectivity index (χ3n) is 2.16. The number of ether oxygens (including phenoxy) is 1. The fraction of sp³-hybridized carbons (Fsp3) is 0.364. The molecule has 1 aromatic carbocycles. The van der Waals surface area contributed by atoms with Gasteiger partial charge in [-0.25, -0.2) is 0 Å². The molecule has 1 aromatic rings. The van der Waals surface area contributed by atoms with E-state index in [1.54, 1.807) is 14.2 Å². The summed E-state index contributed by atoms with van der Waals surface area (Å²) in [5.74, 6) is 0.728. The Kier molecular flexibility index (Phi) is 3.35. The Labute approximate surface area is 84.5 Å². The molecule has 3 heteroatoms. The molecule has 0 saturated carbocycles. The van der Waals surface area contributed by atoms with E-state index in [2.05, 4.69) is 13.1 Å².